The van der Waals surface area contributed by atoms with Crippen molar-refractivity contribution >= 4 is 11.7 Å². The summed E-state index contributed by atoms with van der Waals surface area (Å²) in [5.74, 6) is 0.556. The Morgan fingerprint density at radius 2 is 1.72 bits per heavy atom. The van der Waals surface area contributed by atoms with Crippen LogP contribution in [0.1, 0.15) is 26.7 Å². The highest BCUT2D eigenvalue weighted by atomic mass is 16.5. The molecule has 0 amide bonds. The predicted molar refractivity (Wildman–Crippen MR) is 71.9 cm³/mol. The van der Waals surface area contributed by atoms with Crippen LogP contribution in [-0.4, -0.2) is 25.7 Å². The Bertz CT molecular complexity index is 383. The standard InChI is InChI=1S/C14H21NO3/c1-5-14(6-2,13(16)18-4)15-11-7-9-12(17-3)10-8-11/h7-10,15H,5-6H2,1-4H3. The number of ether oxygens (including phenoxy) is 2. The zero-order valence-corrected chi connectivity index (χ0v) is 11.4. The fourth-order valence-corrected chi connectivity index (χ4v) is 1.91. The number of methoxy groups -OCH3 is 2. The molecular weight excluding hydrogens is 230 g/mol. The summed E-state index contributed by atoms with van der Waals surface area (Å²) < 4.78 is 9.99. The molecule has 4 heteroatoms. The molecule has 0 fully saturated rings. The SMILES string of the molecule is CCC(CC)(Nc1ccc(OC)cc1)C(=O)OC. The molecule has 0 aromatic heterocycles. The summed E-state index contributed by atoms with van der Waals surface area (Å²) in [5.41, 5.74) is 0.216. The van der Waals surface area contributed by atoms with Crippen LogP contribution in [0.5, 0.6) is 5.75 Å². The van der Waals surface area contributed by atoms with E-state index in [0.717, 1.165) is 11.4 Å². The molecule has 1 aromatic rings. The Balaban J connectivity index is 2.92. The minimum absolute atomic E-state index is 0.233. The summed E-state index contributed by atoms with van der Waals surface area (Å²) in [4.78, 5) is 11.9. The highest BCUT2D eigenvalue weighted by Gasteiger charge is 2.35. The van der Waals surface area contributed by atoms with Crippen LogP contribution in [0.25, 0.3) is 0 Å². The highest BCUT2D eigenvalue weighted by molar-refractivity contribution is 5.84. The van der Waals surface area contributed by atoms with Gasteiger partial charge < -0.3 is 14.8 Å². The Morgan fingerprint density at radius 1 is 1.17 bits per heavy atom. The minimum Gasteiger partial charge on any atom is -0.497 e. The summed E-state index contributed by atoms with van der Waals surface area (Å²) in [5, 5.41) is 3.26. The van der Waals surface area contributed by atoms with Gasteiger partial charge in [-0.05, 0) is 37.1 Å². The molecule has 0 unspecified atom stereocenters. The van der Waals surface area contributed by atoms with E-state index in [1.165, 1.54) is 7.11 Å². The van der Waals surface area contributed by atoms with Gasteiger partial charge in [0.25, 0.3) is 0 Å². The van der Waals surface area contributed by atoms with E-state index in [4.69, 9.17) is 9.47 Å². The molecule has 0 radical (unpaired) electrons. The zero-order valence-electron chi connectivity index (χ0n) is 11.4. The summed E-state index contributed by atoms with van der Waals surface area (Å²) >= 11 is 0. The van der Waals surface area contributed by atoms with Crippen molar-refractivity contribution in [2.24, 2.45) is 0 Å². The Kier molecular flexibility index (Phi) is 5.01. The van der Waals surface area contributed by atoms with Gasteiger partial charge in [-0.3, -0.25) is 0 Å². The average Bonchev–Trinajstić information content (AvgIpc) is 2.44. The molecule has 1 aromatic carbocycles. The number of carbonyl (C=O) groups is 1. The van der Waals surface area contributed by atoms with E-state index in [1.807, 2.05) is 38.1 Å². The highest BCUT2D eigenvalue weighted by Crippen LogP contribution is 2.25. The van der Waals surface area contributed by atoms with Crippen molar-refractivity contribution in [2.75, 3.05) is 19.5 Å². The largest absolute Gasteiger partial charge is 0.497 e. The lowest BCUT2D eigenvalue weighted by Gasteiger charge is -2.30. The third-order valence-corrected chi connectivity index (χ3v) is 3.26. The third kappa shape index (κ3) is 2.94. The van der Waals surface area contributed by atoms with E-state index in [0.29, 0.717) is 12.8 Å². The average molecular weight is 251 g/mol. The molecule has 0 atom stereocenters. The molecular formula is C14H21NO3. The number of rotatable bonds is 6. The van der Waals surface area contributed by atoms with Crippen molar-refractivity contribution in [1.29, 1.82) is 0 Å². The molecule has 0 aliphatic carbocycles. The van der Waals surface area contributed by atoms with Gasteiger partial charge >= 0.3 is 5.97 Å². The van der Waals surface area contributed by atoms with E-state index in [2.05, 4.69) is 5.32 Å². The molecule has 1 N–H and O–H groups in total. The molecule has 0 heterocycles. The quantitative estimate of drug-likeness (QED) is 0.790. The summed E-state index contributed by atoms with van der Waals surface area (Å²) in [6.07, 6.45) is 1.34. The van der Waals surface area contributed by atoms with Crippen LogP contribution in [0.15, 0.2) is 24.3 Å². The van der Waals surface area contributed by atoms with E-state index in [9.17, 15) is 4.79 Å². The van der Waals surface area contributed by atoms with Crippen LogP contribution in [-0.2, 0) is 9.53 Å². The van der Waals surface area contributed by atoms with Crippen molar-refractivity contribution in [3.8, 4) is 5.75 Å². The first kappa shape index (κ1) is 14.4. The molecule has 0 saturated heterocycles. The number of benzene rings is 1. The predicted octanol–water partition coefficient (Wildman–Crippen LogP) is 2.84. The van der Waals surface area contributed by atoms with Crippen LogP contribution in [0, 0.1) is 0 Å². The van der Waals surface area contributed by atoms with E-state index < -0.39 is 5.54 Å². The number of esters is 1. The van der Waals surface area contributed by atoms with Gasteiger partial charge in [-0.25, -0.2) is 4.79 Å². The first-order valence-electron chi connectivity index (χ1n) is 6.12. The second-order valence-corrected chi connectivity index (χ2v) is 4.13. The fraction of sp³-hybridized carbons (Fsp3) is 0.500. The second-order valence-electron chi connectivity index (χ2n) is 4.13. The normalized spacial score (nSPS) is 10.9. The topological polar surface area (TPSA) is 47.6 Å². The van der Waals surface area contributed by atoms with Crippen LogP contribution in [0.3, 0.4) is 0 Å². The van der Waals surface area contributed by atoms with Gasteiger partial charge in [-0.2, -0.15) is 0 Å². The fourth-order valence-electron chi connectivity index (χ4n) is 1.91. The third-order valence-electron chi connectivity index (χ3n) is 3.26. The maximum Gasteiger partial charge on any atom is 0.331 e. The van der Waals surface area contributed by atoms with Crippen molar-refractivity contribution in [3.05, 3.63) is 24.3 Å². The smallest absolute Gasteiger partial charge is 0.331 e. The second kappa shape index (κ2) is 6.28. The number of anilines is 1. The number of nitrogens with one attached hydrogen (secondary N) is 1. The summed E-state index contributed by atoms with van der Waals surface area (Å²) in [6, 6.07) is 7.50. The van der Waals surface area contributed by atoms with Crippen LogP contribution >= 0.6 is 0 Å². The number of hydrogen-bond donors (Lipinski definition) is 1. The molecule has 1 rings (SSSR count). The lowest BCUT2D eigenvalue weighted by molar-refractivity contribution is -0.146. The maximum atomic E-state index is 11.9. The summed E-state index contributed by atoms with van der Waals surface area (Å²) in [7, 11) is 3.04. The summed E-state index contributed by atoms with van der Waals surface area (Å²) in [6.45, 7) is 3.94. The van der Waals surface area contributed by atoms with Crippen molar-refractivity contribution in [1.82, 2.24) is 0 Å². The Morgan fingerprint density at radius 3 is 2.11 bits per heavy atom. The lowest BCUT2D eigenvalue weighted by Crippen LogP contribution is -2.46. The molecule has 0 aliphatic heterocycles. The van der Waals surface area contributed by atoms with Gasteiger partial charge in [0.1, 0.15) is 11.3 Å². The van der Waals surface area contributed by atoms with E-state index >= 15 is 0 Å². The molecule has 18 heavy (non-hydrogen) atoms. The Hall–Kier alpha value is -1.71. The molecule has 0 spiro atoms. The van der Waals surface area contributed by atoms with Gasteiger partial charge in [-0.15, -0.1) is 0 Å². The van der Waals surface area contributed by atoms with Gasteiger partial charge in [0, 0.05) is 5.69 Å². The van der Waals surface area contributed by atoms with Gasteiger partial charge in [-0.1, -0.05) is 13.8 Å². The molecule has 0 aliphatic rings. The van der Waals surface area contributed by atoms with Gasteiger partial charge in [0.15, 0.2) is 0 Å². The molecule has 0 bridgehead atoms. The Labute approximate surface area is 108 Å². The van der Waals surface area contributed by atoms with E-state index in [1.54, 1.807) is 7.11 Å². The maximum absolute atomic E-state index is 11.9. The van der Waals surface area contributed by atoms with E-state index in [-0.39, 0.29) is 5.97 Å². The van der Waals surface area contributed by atoms with Crippen LogP contribution in [0.2, 0.25) is 0 Å². The zero-order chi connectivity index (χ0) is 13.6. The molecule has 4 nitrogen and oxygen atoms in total. The number of carbonyl (C=O) groups excluding carboxylic acids is 1. The van der Waals surface area contributed by atoms with Gasteiger partial charge in [0.2, 0.25) is 0 Å². The van der Waals surface area contributed by atoms with Crippen molar-refractivity contribution in [2.45, 2.75) is 32.2 Å². The van der Waals surface area contributed by atoms with Crippen LogP contribution < -0.4 is 10.1 Å². The van der Waals surface area contributed by atoms with Crippen molar-refractivity contribution in [3.63, 3.8) is 0 Å². The first-order chi connectivity index (χ1) is 8.61. The minimum atomic E-state index is -0.663. The molecule has 100 valence electrons. The monoisotopic (exact) mass is 251 g/mol. The molecule has 0 saturated carbocycles. The number of hydrogen-bond acceptors (Lipinski definition) is 4. The first-order valence-corrected chi connectivity index (χ1v) is 6.12. The van der Waals surface area contributed by atoms with Crippen molar-refractivity contribution < 1.29 is 14.3 Å². The van der Waals surface area contributed by atoms with Gasteiger partial charge in [0.05, 0.1) is 14.2 Å². The lowest BCUT2D eigenvalue weighted by atomic mass is 9.92. The van der Waals surface area contributed by atoms with Crippen LogP contribution in [0.4, 0.5) is 5.69 Å².